The Balaban J connectivity index is 1.36. The van der Waals surface area contributed by atoms with E-state index < -0.39 is 10.0 Å². The molecule has 0 bridgehead atoms. The number of aromatic nitrogens is 3. The van der Waals surface area contributed by atoms with E-state index in [9.17, 15) is 8.42 Å². The Morgan fingerprint density at radius 1 is 0.735 bits per heavy atom. The van der Waals surface area contributed by atoms with Gasteiger partial charge in [0.25, 0.3) is 10.0 Å². The van der Waals surface area contributed by atoms with Crippen molar-refractivity contribution in [3.05, 3.63) is 115 Å². The van der Waals surface area contributed by atoms with Gasteiger partial charge in [0, 0.05) is 18.0 Å². The lowest BCUT2D eigenvalue weighted by atomic mass is 10.1. The molecule has 2 heterocycles. The van der Waals surface area contributed by atoms with Crippen molar-refractivity contribution in [3.8, 4) is 22.5 Å². The molecule has 0 atom stereocenters. The molecule has 0 saturated carbocycles. The van der Waals surface area contributed by atoms with E-state index in [-0.39, 0.29) is 11.3 Å². The predicted octanol–water partition coefficient (Wildman–Crippen LogP) is 5.19. The molecule has 0 aliphatic heterocycles. The second-order valence-electron chi connectivity index (χ2n) is 7.58. The van der Waals surface area contributed by atoms with Gasteiger partial charge < -0.3 is 4.52 Å². The third-order valence-corrected chi connectivity index (χ3v) is 6.66. The number of anilines is 1. The van der Waals surface area contributed by atoms with E-state index >= 15 is 0 Å². The summed E-state index contributed by atoms with van der Waals surface area (Å²) in [5, 5.41) is 4.02. The van der Waals surface area contributed by atoms with Crippen molar-refractivity contribution in [1.29, 1.82) is 0 Å². The zero-order chi connectivity index (χ0) is 23.4. The highest BCUT2D eigenvalue weighted by atomic mass is 32.2. The van der Waals surface area contributed by atoms with Gasteiger partial charge in [-0.15, -0.1) is 0 Å². The van der Waals surface area contributed by atoms with Crippen LogP contribution in [0.2, 0.25) is 0 Å². The summed E-state index contributed by atoms with van der Waals surface area (Å²) in [5.41, 5.74) is 3.94. The van der Waals surface area contributed by atoms with Gasteiger partial charge >= 0.3 is 0 Å². The number of para-hydroxylation sites is 1. The highest BCUT2D eigenvalue weighted by molar-refractivity contribution is 7.92. The highest BCUT2D eigenvalue weighted by Gasteiger charge is 2.18. The van der Waals surface area contributed by atoms with Gasteiger partial charge in [-0.25, -0.2) is 8.42 Å². The van der Waals surface area contributed by atoms with Crippen LogP contribution in [-0.4, -0.2) is 23.5 Å². The summed E-state index contributed by atoms with van der Waals surface area (Å²) in [6.07, 6.45) is 3.59. The normalized spacial score (nSPS) is 11.3. The Hall–Kier alpha value is -4.30. The van der Waals surface area contributed by atoms with Crippen LogP contribution in [0.3, 0.4) is 0 Å². The molecule has 0 fully saturated rings. The first-order valence-electron chi connectivity index (χ1n) is 10.6. The number of pyridine rings is 1. The fourth-order valence-corrected chi connectivity index (χ4v) is 4.64. The van der Waals surface area contributed by atoms with E-state index in [2.05, 4.69) is 19.8 Å². The van der Waals surface area contributed by atoms with E-state index in [0.717, 1.165) is 22.3 Å². The Bertz CT molecular complexity index is 1500. The number of hydrogen-bond donors (Lipinski definition) is 1. The average Bonchev–Trinajstić information content (AvgIpc) is 3.35. The molecular formula is C26H20N4O3S. The van der Waals surface area contributed by atoms with Crippen LogP contribution in [0, 0.1) is 0 Å². The second-order valence-corrected chi connectivity index (χ2v) is 9.26. The van der Waals surface area contributed by atoms with E-state index in [1.807, 2.05) is 42.5 Å². The zero-order valence-electron chi connectivity index (χ0n) is 18.0. The van der Waals surface area contributed by atoms with Gasteiger partial charge in [-0.05, 0) is 47.0 Å². The van der Waals surface area contributed by atoms with Crippen molar-refractivity contribution in [1.82, 2.24) is 15.1 Å². The largest absolute Gasteiger partial charge is 0.339 e. The minimum atomic E-state index is -3.79. The maximum atomic E-state index is 13.1. The van der Waals surface area contributed by atoms with E-state index in [4.69, 9.17) is 4.52 Å². The number of nitrogens with zero attached hydrogens (tertiary/aromatic N) is 3. The Morgan fingerprint density at radius 2 is 1.41 bits per heavy atom. The van der Waals surface area contributed by atoms with Crippen LogP contribution in [0.25, 0.3) is 22.5 Å². The topological polar surface area (TPSA) is 98.0 Å². The molecule has 0 radical (unpaired) electrons. The van der Waals surface area contributed by atoms with Gasteiger partial charge in [-0.2, -0.15) is 4.98 Å². The van der Waals surface area contributed by atoms with Crippen molar-refractivity contribution in [2.75, 3.05) is 4.72 Å². The predicted molar refractivity (Wildman–Crippen MR) is 129 cm³/mol. The third kappa shape index (κ3) is 4.72. The molecule has 5 aromatic rings. The number of nitrogens with one attached hydrogen (secondary N) is 1. The maximum absolute atomic E-state index is 13.1. The molecule has 0 amide bonds. The zero-order valence-corrected chi connectivity index (χ0v) is 18.8. The number of hydrogen-bond acceptors (Lipinski definition) is 6. The molecule has 2 aromatic heterocycles. The summed E-state index contributed by atoms with van der Waals surface area (Å²) in [7, 11) is -3.79. The molecule has 0 aliphatic carbocycles. The first-order chi connectivity index (χ1) is 16.6. The molecule has 0 unspecified atom stereocenters. The number of sulfonamides is 1. The standard InChI is InChI=1S/C26H20N4O3S/c31-34(32,23-12-10-20(11-13-23)19-6-2-1-3-7-19)30-24-9-5-4-8-22(24)18-25-28-26(29-33-25)21-14-16-27-17-15-21/h1-17,30H,18H2. The first kappa shape index (κ1) is 21.5. The van der Waals surface area contributed by atoms with Crippen LogP contribution in [0.4, 0.5) is 5.69 Å². The summed E-state index contributed by atoms with van der Waals surface area (Å²) >= 11 is 0. The lowest BCUT2D eigenvalue weighted by Gasteiger charge is -2.12. The van der Waals surface area contributed by atoms with Gasteiger partial charge in [0.05, 0.1) is 17.0 Å². The lowest BCUT2D eigenvalue weighted by molar-refractivity contribution is 0.386. The van der Waals surface area contributed by atoms with E-state index in [1.165, 1.54) is 0 Å². The summed E-state index contributed by atoms with van der Waals surface area (Å²) in [5.74, 6) is 0.833. The second kappa shape index (κ2) is 9.29. The SMILES string of the molecule is O=S(=O)(Nc1ccccc1Cc1nc(-c2ccncc2)no1)c1ccc(-c2ccccc2)cc1. The van der Waals surface area contributed by atoms with Crippen LogP contribution >= 0.6 is 0 Å². The fraction of sp³-hybridized carbons (Fsp3) is 0.0385. The lowest BCUT2D eigenvalue weighted by Crippen LogP contribution is -2.14. The maximum Gasteiger partial charge on any atom is 0.261 e. The smallest absolute Gasteiger partial charge is 0.261 e. The van der Waals surface area contributed by atoms with Crippen molar-refractivity contribution < 1.29 is 12.9 Å². The Morgan fingerprint density at radius 3 is 2.18 bits per heavy atom. The Kier molecular flexibility index (Phi) is 5.88. The minimum Gasteiger partial charge on any atom is -0.339 e. The molecule has 0 aliphatic rings. The molecule has 168 valence electrons. The van der Waals surface area contributed by atoms with E-state index in [1.54, 1.807) is 60.9 Å². The Labute approximate surface area is 197 Å². The van der Waals surface area contributed by atoms with Gasteiger partial charge in [-0.3, -0.25) is 9.71 Å². The summed E-state index contributed by atoms with van der Waals surface area (Å²) in [4.78, 5) is 8.59. The number of rotatable bonds is 7. The molecule has 3 aromatic carbocycles. The van der Waals surface area contributed by atoms with Gasteiger partial charge in [0.1, 0.15) is 0 Å². The van der Waals surface area contributed by atoms with E-state index in [0.29, 0.717) is 17.4 Å². The van der Waals surface area contributed by atoms with Gasteiger partial charge in [0.15, 0.2) is 0 Å². The molecule has 5 rings (SSSR count). The minimum absolute atomic E-state index is 0.180. The van der Waals surface area contributed by atoms with Gasteiger partial charge in [0.2, 0.25) is 11.7 Å². The summed E-state index contributed by atoms with van der Waals surface area (Å²) in [6.45, 7) is 0. The monoisotopic (exact) mass is 468 g/mol. The highest BCUT2D eigenvalue weighted by Crippen LogP contribution is 2.25. The fourth-order valence-electron chi connectivity index (χ4n) is 3.54. The van der Waals surface area contributed by atoms with Crippen molar-refractivity contribution in [2.45, 2.75) is 11.3 Å². The molecule has 1 N–H and O–H groups in total. The van der Waals surface area contributed by atoms with Crippen LogP contribution < -0.4 is 4.72 Å². The van der Waals surface area contributed by atoms with Crippen LogP contribution in [0.1, 0.15) is 11.5 Å². The molecular weight excluding hydrogens is 448 g/mol. The average molecular weight is 469 g/mol. The molecule has 0 saturated heterocycles. The van der Waals surface area contributed by atoms with Crippen LogP contribution in [0.5, 0.6) is 0 Å². The third-order valence-electron chi connectivity index (χ3n) is 5.28. The molecule has 0 spiro atoms. The quantitative estimate of drug-likeness (QED) is 0.353. The van der Waals surface area contributed by atoms with Crippen molar-refractivity contribution in [2.24, 2.45) is 0 Å². The summed E-state index contributed by atoms with van der Waals surface area (Å²) < 4.78 is 34.2. The van der Waals surface area contributed by atoms with Crippen molar-refractivity contribution >= 4 is 15.7 Å². The van der Waals surface area contributed by atoms with Crippen LogP contribution in [0.15, 0.2) is 113 Å². The molecule has 8 heteroatoms. The van der Waals surface area contributed by atoms with Gasteiger partial charge in [-0.1, -0.05) is 65.8 Å². The molecule has 34 heavy (non-hydrogen) atoms. The summed E-state index contributed by atoms with van der Waals surface area (Å²) in [6, 6.07) is 27.3. The van der Waals surface area contributed by atoms with Crippen molar-refractivity contribution in [3.63, 3.8) is 0 Å². The molecule has 7 nitrogen and oxygen atoms in total. The first-order valence-corrected chi connectivity index (χ1v) is 12.1. The van der Waals surface area contributed by atoms with Crippen LogP contribution in [-0.2, 0) is 16.4 Å². The number of benzene rings is 3.